The van der Waals surface area contributed by atoms with E-state index in [4.69, 9.17) is 4.42 Å². The third-order valence-corrected chi connectivity index (χ3v) is 2.07. The van der Waals surface area contributed by atoms with Crippen molar-refractivity contribution in [3.8, 4) is 0 Å². The lowest BCUT2D eigenvalue weighted by Crippen LogP contribution is -2.11. The van der Waals surface area contributed by atoms with Crippen molar-refractivity contribution in [1.82, 2.24) is 0 Å². The summed E-state index contributed by atoms with van der Waals surface area (Å²) in [6.45, 7) is 3.57. The zero-order valence-corrected chi connectivity index (χ0v) is 8.10. The van der Waals surface area contributed by atoms with Gasteiger partial charge >= 0.3 is 0 Å². The van der Waals surface area contributed by atoms with Crippen molar-refractivity contribution < 1.29 is 14.6 Å². The van der Waals surface area contributed by atoms with E-state index in [0.29, 0.717) is 18.6 Å². The van der Waals surface area contributed by atoms with E-state index in [9.17, 15) is 10.2 Å². The Morgan fingerprint density at radius 1 is 1.50 bits per heavy atom. The van der Waals surface area contributed by atoms with Crippen LogP contribution in [0.4, 0.5) is 0 Å². The van der Waals surface area contributed by atoms with E-state index >= 15 is 0 Å². The van der Waals surface area contributed by atoms with E-state index in [1.807, 2.05) is 0 Å². The number of aliphatic hydroxyl groups excluding tert-OH is 2. The van der Waals surface area contributed by atoms with Crippen LogP contribution in [0.3, 0.4) is 0 Å². The second-order valence-electron chi connectivity index (χ2n) is 3.29. The average molecular weight is 196 g/mol. The molecule has 0 aromatic carbocycles. The van der Waals surface area contributed by atoms with Crippen molar-refractivity contribution in [2.45, 2.75) is 31.5 Å². The van der Waals surface area contributed by atoms with Crippen LogP contribution in [0.5, 0.6) is 0 Å². The fraction of sp³-hybridized carbons (Fsp3) is 0.455. The molecule has 0 aliphatic heterocycles. The number of rotatable bonds is 6. The predicted molar refractivity (Wildman–Crippen MR) is 53.7 cm³/mol. The third-order valence-electron chi connectivity index (χ3n) is 2.07. The quantitative estimate of drug-likeness (QED) is 0.684. The first-order chi connectivity index (χ1) is 6.74. The highest BCUT2D eigenvalue weighted by Crippen LogP contribution is 2.20. The van der Waals surface area contributed by atoms with Crippen molar-refractivity contribution in [1.29, 1.82) is 0 Å². The summed E-state index contributed by atoms with van der Waals surface area (Å²) in [5.74, 6) is 0.502. The van der Waals surface area contributed by atoms with Gasteiger partial charge in [-0.25, -0.2) is 0 Å². The molecule has 1 aromatic rings. The van der Waals surface area contributed by atoms with Gasteiger partial charge in [0.25, 0.3) is 0 Å². The maximum atomic E-state index is 9.60. The molecule has 1 heterocycles. The smallest absolute Gasteiger partial charge is 0.132 e. The SMILES string of the molecule is C=CCC[C@@H](O)C[C@H](O)c1ccco1. The van der Waals surface area contributed by atoms with Gasteiger partial charge in [-0.2, -0.15) is 0 Å². The van der Waals surface area contributed by atoms with Crippen molar-refractivity contribution in [2.75, 3.05) is 0 Å². The van der Waals surface area contributed by atoms with Gasteiger partial charge in [0.2, 0.25) is 0 Å². The Kier molecular flexibility index (Phi) is 4.43. The molecule has 3 nitrogen and oxygen atoms in total. The second-order valence-corrected chi connectivity index (χ2v) is 3.29. The molecule has 2 atom stereocenters. The van der Waals surface area contributed by atoms with Gasteiger partial charge in [0.15, 0.2) is 0 Å². The molecule has 0 aliphatic rings. The standard InChI is InChI=1S/C11H16O3/c1-2-3-5-9(12)8-10(13)11-6-4-7-14-11/h2,4,6-7,9-10,12-13H,1,3,5,8H2/t9-,10+/m1/s1. The molecule has 3 heteroatoms. The van der Waals surface area contributed by atoms with Crippen LogP contribution in [0.1, 0.15) is 31.1 Å². The molecule has 78 valence electrons. The number of allylic oxidation sites excluding steroid dienone is 1. The van der Waals surface area contributed by atoms with E-state index < -0.39 is 12.2 Å². The molecule has 0 saturated carbocycles. The lowest BCUT2D eigenvalue weighted by molar-refractivity contribution is 0.0637. The summed E-state index contributed by atoms with van der Waals surface area (Å²) in [5.41, 5.74) is 0. The van der Waals surface area contributed by atoms with Gasteiger partial charge in [0.1, 0.15) is 11.9 Å². The summed E-state index contributed by atoms with van der Waals surface area (Å²) in [6, 6.07) is 3.42. The van der Waals surface area contributed by atoms with Crippen LogP contribution < -0.4 is 0 Å². The minimum absolute atomic E-state index is 0.307. The summed E-state index contributed by atoms with van der Waals surface area (Å²) < 4.78 is 5.02. The molecule has 0 aliphatic carbocycles. The van der Waals surface area contributed by atoms with Gasteiger partial charge in [-0.15, -0.1) is 6.58 Å². The topological polar surface area (TPSA) is 53.6 Å². The summed E-state index contributed by atoms with van der Waals surface area (Å²) in [4.78, 5) is 0. The van der Waals surface area contributed by atoms with Crippen LogP contribution >= 0.6 is 0 Å². The Labute approximate surface area is 83.7 Å². The Bertz CT molecular complexity index is 254. The molecule has 14 heavy (non-hydrogen) atoms. The molecule has 1 rings (SSSR count). The zero-order chi connectivity index (χ0) is 10.4. The minimum atomic E-state index is -0.718. The van der Waals surface area contributed by atoms with Gasteiger partial charge in [0, 0.05) is 6.42 Å². The Hall–Kier alpha value is -1.06. The van der Waals surface area contributed by atoms with E-state index in [1.54, 1.807) is 18.2 Å². The number of aliphatic hydroxyl groups is 2. The van der Waals surface area contributed by atoms with E-state index in [2.05, 4.69) is 6.58 Å². The first kappa shape index (κ1) is 11.0. The predicted octanol–water partition coefficient (Wildman–Crippen LogP) is 2.03. The van der Waals surface area contributed by atoms with Crippen molar-refractivity contribution in [2.24, 2.45) is 0 Å². The Balaban J connectivity index is 2.33. The van der Waals surface area contributed by atoms with Gasteiger partial charge < -0.3 is 14.6 Å². The molecule has 0 saturated heterocycles. The van der Waals surface area contributed by atoms with Gasteiger partial charge in [-0.3, -0.25) is 0 Å². The molecule has 0 fully saturated rings. The summed E-state index contributed by atoms with van der Waals surface area (Å²) in [6.07, 6.45) is 3.73. The van der Waals surface area contributed by atoms with E-state index in [-0.39, 0.29) is 0 Å². The molecule has 0 bridgehead atoms. The molecule has 0 amide bonds. The molecular weight excluding hydrogens is 180 g/mol. The average Bonchev–Trinajstić information content (AvgIpc) is 2.67. The first-order valence-electron chi connectivity index (χ1n) is 4.74. The zero-order valence-electron chi connectivity index (χ0n) is 8.10. The molecule has 0 unspecified atom stereocenters. The fourth-order valence-corrected chi connectivity index (χ4v) is 1.28. The van der Waals surface area contributed by atoms with Crippen LogP contribution in [-0.4, -0.2) is 16.3 Å². The summed E-state index contributed by atoms with van der Waals surface area (Å²) in [7, 11) is 0. The van der Waals surface area contributed by atoms with Gasteiger partial charge in [-0.05, 0) is 25.0 Å². The number of furan rings is 1. The fourth-order valence-electron chi connectivity index (χ4n) is 1.28. The van der Waals surface area contributed by atoms with Crippen LogP contribution in [-0.2, 0) is 0 Å². The van der Waals surface area contributed by atoms with Gasteiger partial charge in [-0.1, -0.05) is 6.08 Å². The minimum Gasteiger partial charge on any atom is -0.467 e. The lowest BCUT2D eigenvalue weighted by atomic mass is 10.1. The van der Waals surface area contributed by atoms with Crippen molar-refractivity contribution in [3.05, 3.63) is 36.8 Å². The van der Waals surface area contributed by atoms with E-state index in [1.165, 1.54) is 6.26 Å². The normalized spacial score (nSPS) is 15.0. The number of hydrogen-bond donors (Lipinski definition) is 2. The van der Waals surface area contributed by atoms with Crippen molar-refractivity contribution in [3.63, 3.8) is 0 Å². The molecule has 0 radical (unpaired) electrons. The van der Waals surface area contributed by atoms with Crippen LogP contribution in [0.2, 0.25) is 0 Å². The van der Waals surface area contributed by atoms with Gasteiger partial charge in [0.05, 0.1) is 12.4 Å². The molecule has 0 spiro atoms. The highest BCUT2D eigenvalue weighted by atomic mass is 16.4. The number of hydrogen-bond acceptors (Lipinski definition) is 3. The lowest BCUT2D eigenvalue weighted by Gasteiger charge is -2.12. The Morgan fingerprint density at radius 3 is 2.86 bits per heavy atom. The third kappa shape index (κ3) is 3.36. The maximum Gasteiger partial charge on any atom is 0.132 e. The first-order valence-corrected chi connectivity index (χ1v) is 4.74. The highest BCUT2D eigenvalue weighted by molar-refractivity contribution is 5.01. The molecule has 1 aromatic heterocycles. The Morgan fingerprint density at radius 2 is 2.29 bits per heavy atom. The highest BCUT2D eigenvalue weighted by Gasteiger charge is 2.15. The largest absolute Gasteiger partial charge is 0.467 e. The second kappa shape index (κ2) is 5.62. The molecular formula is C11H16O3. The summed E-state index contributed by atoms with van der Waals surface area (Å²) in [5, 5.41) is 19.1. The monoisotopic (exact) mass is 196 g/mol. The summed E-state index contributed by atoms with van der Waals surface area (Å²) >= 11 is 0. The van der Waals surface area contributed by atoms with Crippen LogP contribution in [0, 0.1) is 0 Å². The van der Waals surface area contributed by atoms with E-state index in [0.717, 1.165) is 6.42 Å². The molecule has 2 N–H and O–H groups in total. The van der Waals surface area contributed by atoms with Crippen LogP contribution in [0.25, 0.3) is 0 Å². The maximum absolute atomic E-state index is 9.60. The van der Waals surface area contributed by atoms with Crippen molar-refractivity contribution >= 4 is 0 Å². The van der Waals surface area contributed by atoms with Crippen LogP contribution in [0.15, 0.2) is 35.5 Å².